The highest BCUT2D eigenvalue weighted by atomic mass is 19.4. The monoisotopic (exact) mass is 302 g/mol. The van der Waals surface area contributed by atoms with Crippen LogP contribution in [0.15, 0.2) is 6.07 Å². The van der Waals surface area contributed by atoms with E-state index in [1.807, 2.05) is 18.7 Å². The van der Waals surface area contributed by atoms with Crippen LogP contribution >= 0.6 is 0 Å². The van der Waals surface area contributed by atoms with E-state index in [-0.39, 0.29) is 11.9 Å². The molecule has 1 N–H and O–H groups in total. The van der Waals surface area contributed by atoms with Crippen molar-refractivity contribution >= 4 is 11.6 Å². The maximum absolute atomic E-state index is 13.0. The van der Waals surface area contributed by atoms with E-state index in [1.165, 1.54) is 0 Å². The predicted molar refractivity (Wildman–Crippen MR) is 76.5 cm³/mol. The van der Waals surface area contributed by atoms with Crippen molar-refractivity contribution in [3.8, 4) is 0 Å². The van der Waals surface area contributed by atoms with Crippen LogP contribution in [0.4, 0.5) is 24.8 Å². The summed E-state index contributed by atoms with van der Waals surface area (Å²) in [7, 11) is 0. The molecule has 2 heterocycles. The van der Waals surface area contributed by atoms with E-state index < -0.39 is 12.0 Å². The molecule has 0 saturated carbocycles. The number of rotatable bonds is 5. The Kier molecular flexibility index (Phi) is 4.90. The lowest BCUT2D eigenvalue weighted by molar-refractivity contribution is -0.144. The maximum Gasteiger partial charge on any atom is 0.451 e. The Bertz CT molecular complexity index is 476. The number of nitrogens with zero attached hydrogens (tertiary/aromatic N) is 3. The number of hydrogen-bond donors (Lipinski definition) is 1. The van der Waals surface area contributed by atoms with Gasteiger partial charge in [0, 0.05) is 25.2 Å². The first-order valence-electron chi connectivity index (χ1n) is 7.42. The lowest BCUT2D eigenvalue weighted by Crippen LogP contribution is -2.30. The zero-order valence-electron chi connectivity index (χ0n) is 12.4. The Labute approximate surface area is 122 Å². The fourth-order valence-corrected chi connectivity index (χ4v) is 2.61. The summed E-state index contributed by atoms with van der Waals surface area (Å²) in [5.74, 6) is -0.448. The van der Waals surface area contributed by atoms with E-state index in [1.54, 1.807) is 6.07 Å². The van der Waals surface area contributed by atoms with Gasteiger partial charge in [0.1, 0.15) is 11.6 Å². The van der Waals surface area contributed by atoms with Crippen molar-refractivity contribution in [1.29, 1.82) is 0 Å². The highest BCUT2D eigenvalue weighted by Crippen LogP contribution is 2.32. The summed E-state index contributed by atoms with van der Waals surface area (Å²) < 4.78 is 38.9. The van der Waals surface area contributed by atoms with E-state index in [9.17, 15) is 13.2 Å². The summed E-state index contributed by atoms with van der Waals surface area (Å²) >= 11 is 0. The number of nitrogens with one attached hydrogen (secondary N) is 1. The van der Waals surface area contributed by atoms with Crippen molar-refractivity contribution in [2.75, 3.05) is 23.3 Å². The Hall–Kier alpha value is -1.53. The quantitative estimate of drug-likeness (QED) is 0.900. The number of anilines is 2. The molecule has 1 unspecified atom stereocenters. The predicted octanol–water partition coefficient (Wildman–Crippen LogP) is 3.70. The van der Waals surface area contributed by atoms with Crippen LogP contribution in [0.25, 0.3) is 0 Å². The van der Waals surface area contributed by atoms with Crippen molar-refractivity contribution < 1.29 is 13.2 Å². The van der Waals surface area contributed by atoms with Gasteiger partial charge in [-0.15, -0.1) is 0 Å². The second-order valence-corrected chi connectivity index (χ2v) is 5.26. The van der Waals surface area contributed by atoms with Gasteiger partial charge in [0.2, 0.25) is 5.82 Å². The molecular weight excluding hydrogens is 281 g/mol. The molecule has 1 saturated heterocycles. The average molecular weight is 302 g/mol. The van der Waals surface area contributed by atoms with Crippen molar-refractivity contribution in [2.45, 2.75) is 51.7 Å². The fraction of sp³-hybridized carbons (Fsp3) is 0.714. The first-order valence-corrected chi connectivity index (χ1v) is 7.42. The van der Waals surface area contributed by atoms with E-state index in [4.69, 9.17) is 0 Å². The molecule has 1 fully saturated rings. The molecule has 0 spiro atoms. The first kappa shape index (κ1) is 15.9. The van der Waals surface area contributed by atoms with Crippen molar-refractivity contribution in [1.82, 2.24) is 9.97 Å². The van der Waals surface area contributed by atoms with E-state index in [0.29, 0.717) is 12.4 Å². The van der Waals surface area contributed by atoms with Gasteiger partial charge in [-0.25, -0.2) is 9.97 Å². The van der Waals surface area contributed by atoms with E-state index in [0.717, 1.165) is 32.2 Å². The van der Waals surface area contributed by atoms with Gasteiger partial charge in [-0.2, -0.15) is 13.2 Å². The van der Waals surface area contributed by atoms with Gasteiger partial charge in [0.25, 0.3) is 0 Å². The molecule has 0 aliphatic carbocycles. The average Bonchev–Trinajstić information content (AvgIpc) is 2.92. The first-order chi connectivity index (χ1) is 9.95. The van der Waals surface area contributed by atoms with Gasteiger partial charge in [0.15, 0.2) is 0 Å². The van der Waals surface area contributed by atoms with Gasteiger partial charge in [-0.05, 0) is 25.7 Å². The van der Waals surface area contributed by atoms with Gasteiger partial charge < -0.3 is 10.2 Å². The SMILES string of the molecule is CCCNc1cc(N2CCCC2CC)nc(C(F)(F)F)n1. The molecule has 1 aliphatic rings. The number of halogens is 3. The highest BCUT2D eigenvalue weighted by Gasteiger charge is 2.36. The molecule has 2 rings (SSSR count). The van der Waals surface area contributed by atoms with Crippen molar-refractivity contribution in [3.63, 3.8) is 0 Å². The Morgan fingerprint density at radius 3 is 2.71 bits per heavy atom. The molecule has 1 aromatic heterocycles. The third-order valence-electron chi connectivity index (χ3n) is 3.66. The van der Waals surface area contributed by atoms with Crippen LogP contribution in [0.1, 0.15) is 45.4 Å². The van der Waals surface area contributed by atoms with Gasteiger partial charge >= 0.3 is 6.18 Å². The molecule has 0 bridgehead atoms. The van der Waals surface area contributed by atoms with Crippen molar-refractivity contribution in [3.05, 3.63) is 11.9 Å². The molecule has 0 amide bonds. The van der Waals surface area contributed by atoms with E-state index >= 15 is 0 Å². The second-order valence-electron chi connectivity index (χ2n) is 5.26. The van der Waals surface area contributed by atoms with Crippen LogP contribution in [0.3, 0.4) is 0 Å². The zero-order chi connectivity index (χ0) is 15.5. The summed E-state index contributed by atoms with van der Waals surface area (Å²) in [5, 5.41) is 2.93. The largest absolute Gasteiger partial charge is 0.451 e. The normalized spacial score (nSPS) is 19.1. The summed E-state index contributed by atoms with van der Waals surface area (Å²) in [6.07, 6.45) is -0.813. The lowest BCUT2D eigenvalue weighted by atomic mass is 10.2. The molecule has 0 radical (unpaired) electrons. The molecule has 7 heteroatoms. The minimum absolute atomic E-state index is 0.246. The molecule has 1 aliphatic heterocycles. The van der Waals surface area contributed by atoms with Crippen LogP contribution in [0.2, 0.25) is 0 Å². The molecule has 1 atom stereocenters. The smallest absolute Gasteiger partial charge is 0.370 e. The van der Waals surface area contributed by atoms with Crippen LogP contribution in [0, 0.1) is 0 Å². The summed E-state index contributed by atoms with van der Waals surface area (Å²) in [4.78, 5) is 9.30. The van der Waals surface area contributed by atoms with Crippen molar-refractivity contribution in [2.24, 2.45) is 0 Å². The summed E-state index contributed by atoms with van der Waals surface area (Å²) in [6, 6.07) is 1.89. The lowest BCUT2D eigenvalue weighted by Gasteiger charge is -2.25. The molecule has 0 aromatic carbocycles. The number of alkyl halides is 3. The minimum atomic E-state index is -4.53. The second kappa shape index (κ2) is 6.49. The van der Waals surface area contributed by atoms with E-state index in [2.05, 4.69) is 15.3 Å². The standard InChI is InChI=1S/C14H21F3N4/c1-3-7-18-11-9-12(20-13(19-11)14(15,16)17)21-8-5-6-10(21)4-2/h9-10H,3-8H2,1-2H3,(H,18,19,20). The Morgan fingerprint density at radius 2 is 2.10 bits per heavy atom. The van der Waals surface area contributed by atoms with Gasteiger partial charge in [-0.3, -0.25) is 0 Å². The van der Waals surface area contributed by atoms with Gasteiger partial charge in [-0.1, -0.05) is 13.8 Å². The zero-order valence-corrected chi connectivity index (χ0v) is 12.4. The highest BCUT2D eigenvalue weighted by molar-refractivity contribution is 5.51. The van der Waals surface area contributed by atoms with Crippen LogP contribution in [-0.2, 0) is 6.18 Å². The topological polar surface area (TPSA) is 41.0 Å². The summed E-state index contributed by atoms with van der Waals surface area (Å²) in [6.45, 7) is 5.34. The van der Waals surface area contributed by atoms with Gasteiger partial charge in [0.05, 0.1) is 0 Å². The molecule has 21 heavy (non-hydrogen) atoms. The van der Waals surface area contributed by atoms with Crippen LogP contribution in [0.5, 0.6) is 0 Å². The molecule has 1 aromatic rings. The molecule has 4 nitrogen and oxygen atoms in total. The van der Waals surface area contributed by atoms with Crippen LogP contribution in [-0.4, -0.2) is 29.1 Å². The third-order valence-corrected chi connectivity index (χ3v) is 3.66. The maximum atomic E-state index is 13.0. The summed E-state index contributed by atoms with van der Waals surface area (Å²) in [5.41, 5.74) is 0. The molecular formula is C14H21F3N4. The number of hydrogen-bond acceptors (Lipinski definition) is 4. The van der Waals surface area contributed by atoms with Crippen LogP contribution < -0.4 is 10.2 Å². The fourth-order valence-electron chi connectivity index (χ4n) is 2.61. The third kappa shape index (κ3) is 3.77. The molecule has 118 valence electrons. The Balaban J connectivity index is 2.35. The number of aromatic nitrogens is 2. The minimum Gasteiger partial charge on any atom is -0.370 e. The Morgan fingerprint density at radius 1 is 1.33 bits per heavy atom.